The normalized spacial score (nSPS) is 18.5. The lowest BCUT2D eigenvalue weighted by Crippen LogP contribution is -2.45. The molecule has 1 fully saturated rings. The maximum Gasteiger partial charge on any atom is 0.257 e. The maximum atomic E-state index is 13.7. The van der Waals surface area contributed by atoms with Crippen LogP contribution in [0, 0.1) is 5.82 Å². The average Bonchev–Trinajstić information content (AvgIpc) is 2.89. The first-order chi connectivity index (χ1) is 9.04. The van der Waals surface area contributed by atoms with Gasteiger partial charge in [0.2, 0.25) is 5.91 Å². The van der Waals surface area contributed by atoms with Gasteiger partial charge in [0.1, 0.15) is 11.9 Å². The highest BCUT2D eigenvalue weighted by Crippen LogP contribution is 2.22. The fraction of sp³-hybridized carbons (Fsp3) is 0.385. The predicted molar refractivity (Wildman–Crippen MR) is 71.8 cm³/mol. The summed E-state index contributed by atoms with van der Waals surface area (Å²) in [5, 5.41) is 2.53. The van der Waals surface area contributed by atoms with Crippen molar-refractivity contribution in [3.63, 3.8) is 0 Å². The van der Waals surface area contributed by atoms with Crippen LogP contribution in [0.25, 0.3) is 0 Å². The van der Waals surface area contributed by atoms with E-state index in [-0.39, 0.29) is 11.5 Å². The monoisotopic (exact) mass is 282 g/mol. The Balaban J connectivity index is 2.28. The molecule has 2 amide bonds. The van der Waals surface area contributed by atoms with Crippen LogP contribution < -0.4 is 5.32 Å². The third kappa shape index (κ3) is 2.73. The standard InChI is InChI=1S/C13H15FN2O2S/c1-15-12(17)11-3-2-6-16(11)13(18)9-7-8(19)4-5-10(9)14/h4-5,7,11,19H,2-3,6H2,1H3,(H,15,17). The smallest absolute Gasteiger partial charge is 0.257 e. The van der Waals surface area contributed by atoms with Crippen LogP contribution in [0.4, 0.5) is 4.39 Å². The van der Waals surface area contributed by atoms with E-state index in [4.69, 9.17) is 0 Å². The first-order valence-electron chi connectivity index (χ1n) is 6.05. The molecule has 4 nitrogen and oxygen atoms in total. The number of amides is 2. The molecule has 0 saturated carbocycles. The first-order valence-corrected chi connectivity index (χ1v) is 6.50. The Morgan fingerprint density at radius 3 is 2.89 bits per heavy atom. The van der Waals surface area contributed by atoms with Gasteiger partial charge in [0, 0.05) is 18.5 Å². The van der Waals surface area contributed by atoms with Crippen LogP contribution in [0.3, 0.4) is 0 Å². The molecule has 0 bridgehead atoms. The largest absolute Gasteiger partial charge is 0.357 e. The zero-order valence-electron chi connectivity index (χ0n) is 10.5. The number of likely N-dealkylation sites (N-methyl/N-ethyl adjacent to an activating group) is 1. The fourth-order valence-corrected chi connectivity index (χ4v) is 2.48. The van der Waals surface area contributed by atoms with E-state index in [1.54, 1.807) is 0 Å². The van der Waals surface area contributed by atoms with Crippen molar-refractivity contribution < 1.29 is 14.0 Å². The molecule has 0 spiro atoms. The zero-order chi connectivity index (χ0) is 14.0. The molecule has 1 saturated heterocycles. The van der Waals surface area contributed by atoms with Crippen LogP contribution in [0.2, 0.25) is 0 Å². The number of halogens is 1. The molecular formula is C13H15FN2O2S. The van der Waals surface area contributed by atoms with Gasteiger partial charge in [0.15, 0.2) is 0 Å². The molecule has 102 valence electrons. The first kappa shape index (κ1) is 13.9. The minimum absolute atomic E-state index is 0.0386. The number of carbonyl (C=O) groups excluding carboxylic acids is 2. The van der Waals surface area contributed by atoms with Gasteiger partial charge in [-0.2, -0.15) is 0 Å². The molecule has 1 N–H and O–H groups in total. The number of likely N-dealkylation sites (tertiary alicyclic amines) is 1. The molecule has 1 heterocycles. The van der Waals surface area contributed by atoms with Gasteiger partial charge >= 0.3 is 0 Å². The maximum absolute atomic E-state index is 13.7. The van der Waals surface area contributed by atoms with Gasteiger partial charge in [0.05, 0.1) is 5.56 Å². The Kier molecular flexibility index (Phi) is 4.09. The number of nitrogens with zero attached hydrogens (tertiary/aromatic N) is 1. The van der Waals surface area contributed by atoms with Gasteiger partial charge in [-0.05, 0) is 31.0 Å². The van der Waals surface area contributed by atoms with Gasteiger partial charge < -0.3 is 10.2 Å². The molecule has 19 heavy (non-hydrogen) atoms. The van der Waals surface area contributed by atoms with E-state index >= 15 is 0 Å². The number of carbonyl (C=O) groups is 2. The highest BCUT2D eigenvalue weighted by Gasteiger charge is 2.34. The van der Waals surface area contributed by atoms with Crippen LogP contribution in [0.15, 0.2) is 23.1 Å². The van der Waals surface area contributed by atoms with Crippen molar-refractivity contribution in [1.29, 1.82) is 0 Å². The van der Waals surface area contributed by atoms with Gasteiger partial charge in [-0.15, -0.1) is 12.6 Å². The van der Waals surface area contributed by atoms with Crippen LogP contribution in [-0.2, 0) is 4.79 Å². The molecular weight excluding hydrogens is 267 g/mol. The molecule has 1 aromatic carbocycles. The van der Waals surface area contributed by atoms with Crippen LogP contribution >= 0.6 is 12.6 Å². The molecule has 0 aromatic heterocycles. The lowest BCUT2D eigenvalue weighted by Gasteiger charge is -2.23. The topological polar surface area (TPSA) is 49.4 Å². The molecule has 1 unspecified atom stereocenters. The summed E-state index contributed by atoms with van der Waals surface area (Å²) in [6.07, 6.45) is 1.35. The van der Waals surface area contributed by atoms with E-state index in [9.17, 15) is 14.0 Å². The number of nitrogens with one attached hydrogen (secondary N) is 1. The number of benzene rings is 1. The highest BCUT2D eigenvalue weighted by atomic mass is 32.1. The van der Waals surface area contributed by atoms with Crippen molar-refractivity contribution in [3.8, 4) is 0 Å². The summed E-state index contributed by atoms with van der Waals surface area (Å²) in [6.45, 7) is 0.465. The minimum Gasteiger partial charge on any atom is -0.357 e. The van der Waals surface area contributed by atoms with Gasteiger partial charge in [-0.25, -0.2) is 4.39 Å². The Morgan fingerprint density at radius 1 is 1.47 bits per heavy atom. The zero-order valence-corrected chi connectivity index (χ0v) is 11.4. The summed E-state index contributed by atoms with van der Waals surface area (Å²) in [4.78, 5) is 26.0. The summed E-state index contributed by atoms with van der Waals surface area (Å²) in [7, 11) is 1.53. The van der Waals surface area contributed by atoms with Gasteiger partial charge in [-0.1, -0.05) is 0 Å². The Bertz CT molecular complexity index is 521. The van der Waals surface area contributed by atoms with Crippen LogP contribution in [0.1, 0.15) is 23.2 Å². The predicted octanol–water partition coefficient (Wildman–Crippen LogP) is 1.46. The van der Waals surface area contributed by atoms with E-state index in [1.165, 1.54) is 30.1 Å². The third-order valence-electron chi connectivity index (χ3n) is 3.24. The molecule has 1 aliphatic heterocycles. The van der Waals surface area contributed by atoms with E-state index in [2.05, 4.69) is 17.9 Å². The van der Waals surface area contributed by atoms with E-state index in [0.717, 1.165) is 6.42 Å². The summed E-state index contributed by atoms with van der Waals surface area (Å²) in [5.41, 5.74) is -0.0386. The van der Waals surface area contributed by atoms with Crippen molar-refractivity contribution in [3.05, 3.63) is 29.6 Å². The van der Waals surface area contributed by atoms with Crippen molar-refractivity contribution in [2.24, 2.45) is 0 Å². The molecule has 1 aliphatic rings. The minimum atomic E-state index is -0.592. The van der Waals surface area contributed by atoms with Crippen LogP contribution in [-0.4, -0.2) is 36.3 Å². The Hall–Kier alpha value is -1.56. The van der Waals surface area contributed by atoms with E-state index in [1.807, 2.05) is 0 Å². The number of hydrogen-bond donors (Lipinski definition) is 2. The highest BCUT2D eigenvalue weighted by molar-refractivity contribution is 7.80. The summed E-state index contributed by atoms with van der Waals surface area (Å²) >= 11 is 4.10. The fourth-order valence-electron chi connectivity index (χ4n) is 2.28. The number of thiol groups is 1. The SMILES string of the molecule is CNC(=O)C1CCCN1C(=O)c1cc(S)ccc1F. The second kappa shape index (κ2) is 5.61. The summed E-state index contributed by atoms with van der Waals surface area (Å²) in [6, 6.07) is 3.57. The average molecular weight is 282 g/mol. The second-order valence-electron chi connectivity index (χ2n) is 4.43. The lowest BCUT2D eigenvalue weighted by molar-refractivity contribution is -0.124. The molecule has 2 rings (SSSR count). The Morgan fingerprint density at radius 2 is 2.21 bits per heavy atom. The van der Waals surface area contributed by atoms with Crippen molar-refractivity contribution in [1.82, 2.24) is 10.2 Å². The van der Waals surface area contributed by atoms with E-state index < -0.39 is 17.8 Å². The number of hydrogen-bond acceptors (Lipinski definition) is 3. The second-order valence-corrected chi connectivity index (χ2v) is 4.95. The van der Waals surface area contributed by atoms with Crippen molar-refractivity contribution in [2.45, 2.75) is 23.8 Å². The third-order valence-corrected chi connectivity index (χ3v) is 3.52. The molecule has 1 atom stereocenters. The van der Waals surface area contributed by atoms with Crippen molar-refractivity contribution >= 4 is 24.4 Å². The number of rotatable bonds is 2. The molecule has 0 aliphatic carbocycles. The molecule has 0 radical (unpaired) electrons. The summed E-state index contributed by atoms with van der Waals surface area (Å²) < 4.78 is 13.7. The van der Waals surface area contributed by atoms with Crippen LogP contribution in [0.5, 0.6) is 0 Å². The van der Waals surface area contributed by atoms with Crippen molar-refractivity contribution in [2.75, 3.05) is 13.6 Å². The summed E-state index contributed by atoms with van der Waals surface area (Å²) in [5.74, 6) is -1.27. The van der Waals surface area contributed by atoms with Gasteiger partial charge in [0.25, 0.3) is 5.91 Å². The van der Waals surface area contributed by atoms with Gasteiger partial charge in [-0.3, -0.25) is 9.59 Å². The quantitative estimate of drug-likeness (QED) is 0.807. The lowest BCUT2D eigenvalue weighted by atomic mass is 10.1. The Labute approximate surface area is 116 Å². The molecule has 6 heteroatoms. The van der Waals surface area contributed by atoms with E-state index in [0.29, 0.717) is 17.9 Å². The molecule has 1 aromatic rings.